The van der Waals surface area contributed by atoms with E-state index in [0.717, 1.165) is 6.54 Å². The van der Waals surface area contributed by atoms with Crippen LogP contribution in [0.5, 0.6) is 0 Å². The Hall–Kier alpha value is -0.660. The Morgan fingerprint density at radius 3 is 2.67 bits per heavy atom. The van der Waals surface area contributed by atoms with Crippen molar-refractivity contribution in [3.63, 3.8) is 0 Å². The van der Waals surface area contributed by atoms with Crippen molar-refractivity contribution in [3.8, 4) is 0 Å². The van der Waals surface area contributed by atoms with E-state index in [4.69, 9.17) is 5.73 Å². The van der Waals surface area contributed by atoms with Gasteiger partial charge in [-0.05, 0) is 6.92 Å². The first kappa shape index (κ1) is 5.34. The topological polar surface area (TPSA) is 38.0 Å². The summed E-state index contributed by atoms with van der Waals surface area (Å²) in [5.74, 6) is 0. The van der Waals surface area contributed by atoms with Crippen LogP contribution in [0.15, 0.2) is 12.4 Å². The molecule has 0 aromatic carbocycles. The fourth-order valence-corrected chi connectivity index (χ4v) is 0.186. The van der Waals surface area contributed by atoms with Gasteiger partial charge in [0.1, 0.15) is 0 Å². The Morgan fingerprint density at radius 1 is 1.83 bits per heavy atom. The lowest BCUT2D eigenvalue weighted by molar-refractivity contribution is 0.916. The molecule has 0 bridgehead atoms. The highest BCUT2D eigenvalue weighted by atomic mass is 14.8. The van der Waals surface area contributed by atoms with E-state index in [1.165, 1.54) is 6.20 Å². The summed E-state index contributed by atoms with van der Waals surface area (Å²) in [6, 6.07) is 0. The van der Waals surface area contributed by atoms with Crippen molar-refractivity contribution < 1.29 is 0 Å². The van der Waals surface area contributed by atoms with Gasteiger partial charge in [-0.3, -0.25) is 0 Å². The Morgan fingerprint density at radius 2 is 2.50 bits per heavy atom. The smallest absolute Gasteiger partial charge is 0.0122 e. The van der Waals surface area contributed by atoms with E-state index in [9.17, 15) is 0 Å². The number of hydrogen-bond acceptors (Lipinski definition) is 2. The molecule has 36 valence electrons. The lowest BCUT2D eigenvalue weighted by atomic mass is 10.7. The van der Waals surface area contributed by atoms with Crippen LogP contribution in [-0.2, 0) is 0 Å². The lowest BCUT2D eigenvalue weighted by Gasteiger charge is -1.85. The molecule has 0 aliphatic rings. The number of rotatable bonds is 2. The molecule has 0 aromatic heterocycles. The van der Waals surface area contributed by atoms with Gasteiger partial charge in [0, 0.05) is 18.9 Å². The highest BCUT2D eigenvalue weighted by molar-refractivity contribution is 4.70. The van der Waals surface area contributed by atoms with Crippen LogP contribution in [0.1, 0.15) is 6.92 Å². The minimum absolute atomic E-state index is 0.938. The second-order valence-electron chi connectivity index (χ2n) is 0.917. The molecule has 0 aliphatic carbocycles. The van der Waals surface area contributed by atoms with Gasteiger partial charge < -0.3 is 11.1 Å². The molecule has 0 radical (unpaired) electrons. The molecule has 0 atom stereocenters. The van der Waals surface area contributed by atoms with Crippen LogP contribution in [0.2, 0.25) is 0 Å². The highest BCUT2D eigenvalue weighted by Crippen LogP contribution is 1.51. The van der Waals surface area contributed by atoms with E-state index in [1.54, 1.807) is 6.20 Å². The van der Waals surface area contributed by atoms with Crippen LogP contribution in [0.25, 0.3) is 0 Å². The first-order valence-corrected chi connectivity index (χ1v) is 2.02. The van der Waals surface area contributed by atoms with Gasteiger partial charge in [0.05, 0.1) is 0 Å². The molecular formula is C4H10N2. The van der Waals surface area contributed by atoms with Crippen molar-refractivity contribution in [2.75, 3.05) is 6.54 Å². The molecule has 0 saturated heterocycles. The highest BCUT2D eigenvalue weighted by Gasteiger charge is 1.58. The SMILES string of the molecule is CCNC=CN. The van der Waals surface area contributed by atoms with Gasteiger partial charge in [0.25, 0.3) is 0 Å². The number of nitrogens with two attached hydrogens (primary N) is 1. The third-order valence-electron chi connectivity index (χ3n) is 0.418. The molecule has 2 heteroatoms. The van der Waals surface area contributed by atoms with Crippen LogP contribution < -0.4 is 11.1 Å². The van der Waals surface area contributed by atoms with Crippen molar-refractivity contribution in [2.24, 2.45) is 5.73 Å². The average Bonchev–Trinajstić information content (AvgIpc) is 1.61. The Balaban J connectivity index is 2.66. The average molecular weight is 86.1 g/mol. The number of hydrogen-bond donors (Lipinski definition) is 2. The summed E-state index contributed by atoms with van der Waals surface area (Å²) < 4.78 is 0. The first-order valence-electron chi connectivity index (χ1n) is 2.02. The van der Waals surface area contributed by atoms with Gasteiger partial charge in [0.15, 0.2) is 0 Å². The summed E-state index contributed by atoms with van der Waals surface area (Å²) in [6.45, 7) is 2.95. The molecule has 0 spiro atoms. The van der Waals surface area contributed by atoms with E-state index < -0.39 is 0 Å². The third kappa shape index (κ3) is 3.34. The number of nitrogens with one attached hydrogen (secondary N) is 1. The quantitative estimate of drug-likeness (QED) is 0.497. The third-order valence-corrected chi connectivity index (χ3v) is 0.418. The molecule has 0 aliphatic heterocycles. The molecule has 0 heterocycles. The predicted octanol–water partition coefficient (Wildman–Crippen LogP) is 0.0258. The summed E-state index contributed by atoms with van der Waals surface area (Å²) in [7, 11) is 0. The van der Waals surface area contributed by atoms with Crippen LogP contribution in [0.3, 0.4) is 0 Å². The molecular weight excluding hydrogens is 76.1 g/mol. The fraction of sp³-hybridized carbons (Fsp3) is 0.500. The van der Waals surface area contributed by atoms with Gasteiger partial charge in [-0.1, -0.05) is 0 Å². The maximum atomic E-state index is 4.97. The first-order chi connectivity index (χ1) is 2.91. The van der Waals surface area contributed by atoms with Crippen LogP contribution in [-0.4, -0.2) is 6.54 Å². The van der Waals surface area contributed by atoms with E-state index in [0.29, 0.717) is 0 Å². The summed E-state index contributed by atoms with van der Waals surface area (Å²) >= 11 is 0. The van der Waals surface area contributed by atoms with Crippen molar-refractivity contribution in [1.29, 1.82) is 0 Å². The van der Waals surface area contributed by atoms with Crippen molar-refractivity contribution in [2.45, 2.75) is 6.92 Å². The summed E-state index contributed by atoms with van der Waals surface area (Å²) in [5.41, 5.74) is 4.97. The van der Waals surface area contributed by atoms with Crippen molar-refractivity contribution in [1.82, 2.24) is 5.32 Å². The molecule has 0 unspecified atom stereocenters. The molecule has 0 aromatic rings. The van der Waals surface area contributed by atoms with Gasteiger partial charge in [0.2, 0.25) is 0 Å². The summed E-state index contributed by atoms with van der Waals surface area (Å²) in [4.78, 5) is 0. The normalized spacial score (nSPS) is 9.50. The van der Waals surface area contributed by atoms with Crippen molar-refractivity contribution >= 4 is 0 Å². The van der Waals surface area contributed by atoms with Crippen molar-refractivity contribution in [3.05, 3.63) is 12.4 Å². The molecule has 0 saturated carbocycles. The molecule has 6 heavy (non-hydrogen) atoms. The molecule has 0 amide bonds. The maximum Gasteiger partial charge on any atom is 0.0122 e. The van der Waals surface area contributed by atoms with Gasteiger partial charge in [-0.2, -0.15) is 0 Å². The second-order valence-corrected chi connectivity index (χ2v) is 0.917. The minimum Gasteiger partial charge on any atom is -0.403 e. The zero-order chi connectivity index (χ0) is 4.83. The maximum absolute atomic E-state index is 4.97. The van der Waals surface area contributed by atoms with Gasteiger partial charge in [-0.25, -0.2) is 0 Å². The van der Waals surface area contributed by atoms with Crippen LogP contribution >= 0.6 is 0 Å². The lowest BCUT2D eigenvalue weighted by Crippen LogP contribution is -2.02. The zero-order valence-electron chi connectivity index (χ0n) is 3.94. The Bertz CT molecular complexity index is 40.8. The van der Waals surface area contributed by atoms with Gasteiger partial charge in [-0.15, -0.1) is 0 Å². The van der Waals surface area contributed by atoms with E-state index >= 15 is 0 Å². The molecule has 3 N–H and O–H groups in total. The molecule has 0 fully saturated rings. The van der Waals surface area contributed by atoms with E-state index in [2.05, 4.69) is 5.32 Å². The fourth-order valence-electron chi connectivity index (χ4n) is 0.186. The predicted molar refractivity (Wildman–Crippen MR) is 27.0 cm³/mol. The Labute approximate surface area is 38.0 Å². The molecule has 0 rings (SSSR count). The monoisotopic (exact) mass is 86.1 g/mol. The minimum atomic E-state index is 0.938. The summed E-state index contributed by atoms with van der Waals surface area (Å²) in [6.07, 6.45) is 3.18. The second kappa shape index (κ2) is 4.34. The summed E-state index contributed by atoms with van der Waals surface area (Å²) in [5, 5.41) is 2.89. The Kier molecular flexibility index (Phi) is 3.86. The van der Waals surface area contributed by atoms with Crippen LogP contribution in [0.4, 0.5) is 0 Å². The van der Waals surface area contributed by atoms with Gasteiger partial charge >= 0.3 is 0 Å². The standard InChI is InChI=1S/C4H10N2/c1-2-6-4-3-5/h3-4,6H,2,5H2,1H3. The van der Waals surface area contributed by atoms with Crippen LogP contribution in [0, 0.1) is 0 Å². The van der Waals surface area contributed by atoms with E-state index in [1.807, 2.05) is 6.92 Å². The van der Waals surface area contributed by atoms with E-state index in [-0.39, 0.29) is 0 Å². The zero-order valence-corrected chi connectivity index (χ0v) is 3.94. The molecule has 2 nitrogen and oxygen atoms in total. The largest absolute Gasteiger partial charge is 0.403 e.